The van der Waals surface area contributed by atoms with Crippen LogP contribution in [0.4, 0.5) is 0 Å². The van der Waals surface area contributed by atoms with E-state index in [2.05, 4.69) is 13.0 Å². The number of hydrogen-bond acceptors (Lipinski definition) is 0. The molecule has 2 rings (SSSR count). The van der Waals surface area contributed by atoms with Gasteiger partial charge in [0.05, 0.1) is 0 Å². The Morgan fingerprint density at radius 3 is 1.71 bits per heavy atom. The number of rotatable bonds is 2. The molecule has 2 aromatic carbocycles. The summed E-state index contributed by atoms with van der Waals surface area (Å²) in [5, 5.41) is 1.99. The second-order valence-electron chi connectivity index (χ2n) is 3.86. The number of halogens is 3. The van der Waals surface area contributed by atoms with Crippen molar-refractivity contribution in [1.29, 1.82) is 0 Å². The number of aryl methyl sites for hydroxylation is 1. The minimum atomic E-state index is 0.630. The van der Waals surface area contributed by atoms with Crippen LogP contribution in [0.25, 0.3) is 11.1 Å². The summed E-state index contributed by atoms with van der Waals surface area (Å²) < 4.78 is 0. The average Bonchev–Trinajstić information content (AvgIpc) is 2.26. The summed E-state index contributed by atoms with van der Waals surface area (Å²) in [5.41, 5.74) is 3.22. The van der Waals surface area contributed by atoms with E-state index in [0.29, 0.717) is 10.0 Å². The molecule has 3 heteroatoms. The molecule has 0 saturated heterocycles. The van der Waals surface area contributed by atoms with E-state index in [4.69, 9.17) is 34.8 Å². The van der Waals surface area contributed by atoms with Gasteiger partial charge in [-0.15, -0.1) is 0 Å². The topological polar surface area (TPSA) is 0 Å². The predicted octanol–water partition coefficient (Wildman–Crippen LogP) is 5.88. The van der Waals surface area contributed by atoms with Gasteiger partial charge in [0.25, 0.3) is 0 Å². The van der Waals surface area contributed by atoms with Crippen molar-refractivity contribution in [3.63, 3.8) is 0 Å². The molecule has 0 spiro atoms. The van der Waals surface area contributed by atoms with Crippen LogP contribution in [0, 0.1) is 0 Å². The van der Waals surface area contributed by atoms with Gasteiger partial charge in [-0.25, -0.2) is 0 Å². The highest BCUT2D eigenvalue weighted by Gasteiger charge is 2.04. The van der Waals surface area contributed by atoms with E-state index in [9.17, 15) is 0 Å². The third-order valence-corrected chi connectivity index (χ3v) is 3.22. The Morgan fingerprint density at radius 2 is 1.18 bits per heavy atom. The average molecular weight is 286 g/mol. The molecule has 0 unspecified atom stereocenters. The molecule has 17 heavy (non-hydrogen) atoms. The van der Waals surface area contributed by atoms with Gasteiger partial charge in [-0.3, -0.25) is 0 Å². The maximum absolute atomic E-state index is 6.09. The third-order valence-electron chi connectivity index (χ3n) is 2.56. The van der Waals surface area contributed by atoms with Crippen molar-refractivity contribution < 1.29 is 0 Å². The van der Waals surface area contributed by atoms with Crippen LogP contribution >= 0.6 is 34.8 Å². The zero-order valence-corrected chi connectivity index (χ0v) is 11.6. The van der Waals surface area contributed by atoms with Crippen molar-refractivity contribution in [2.45, 2.75) is 13.3 Å². The summed E-state index contributed by atoms with van der Waals surface area (Å²) in [6.07, 6.45) is 0.946. The Kier molecular flexibility index (Phi) is 3.98. The molecule has 0 nitrogen and oxygen atoms in total. The van der Waals surface area contributed by atoms with Gasteiger partial charge in [-0.2, -0.15) is 0 Å². The van der Waals surface area contributed by atoms with Gasteiger partial charge in [-0.1, -0.05) is 47.8 Å². The molecule has 0 fully saturated rings. The van der Waals surface area contributed by atoms with E-state index >= 15 is 0 Å². The molecule has 0 atom stereocenters. The van der Waals surface area contributed by atoms with Crippen molar-refractivity contribution in [2.75, 3.05) is 0 Å². The minimum Gasteiger partial charge on any atom is -0.0843 e. The molecule has 0 bridgehead atoms. The van der Waals surface area contributed by atoms with Crippen molar-refractivity contribution in [1.82, 2.24) is 0 Å². The largest absolute Gasteiger partial charge is 0.0843 e. The van der Waals surface area contributed by atoms with Crippen LogP contribution in [-0.4, -0.2) is 0 Å². The SMILES string of the molecule is CCc1cc(Cl)cc(-c2cc(Cl)cc(Cl)c2)c1. The Balaban J connectivity index is 2.55. The van der Waals surface area contributed by atoms with Crippen LogP contribution in [0.3, 0.4) is 0 Å². The van der Waals surface area contributed by atoms with Gasteiger partial charge in [0.15, 0.2) is 0 Å². The van der Waals surface area contributed by atoms with Crippen LogP contribution in [0.5, 0.6) is 0 Å². The van der Waals surface area contributed by atoms with E-state index in [-0.39, 0.29) is 0 Å². The molecule has 0 aliphatic heterocycles. The molecular weight excluding hydrogens is 275 g/mol. The molecule has 0 aliphatic carbocycles. The predicted molar refractivity (Wildman–Crippen MR) is 76.3 cm³/mol. The van der Waals surface area contributed by atoms with E-state index in [1.54, 1.807) is 6.07 Å². The lowest BCUT2D eigenvalue weighted by Gasteiger charge is -2.07. The summed E-state index contributed by atoms with van der Waals surface area (Å²) in [6.45, 7) is 2.10. The Labute approximate surface area is 116 Å². The summed E-state index contributed by atoms with van der Waals surface area (Å²) in [7, 11) is 0. The highest BCUT2D eigenvalue weighted by atomic mass is 35.5. The van der Waals surface area contributed by atoms with Crippen molar-refractivity contribution in [3.8, 4) is 11.1 Å². The highest BCUT2D eigenvalue weighted by molar-refractivity contribution is 6.35. The highest BCUT2D eigenvalue weighted by Crippen LogP contribution is 2.29. The second kappa shape index (κ2) is 5.30. The molecule has 0 amide bonds. The summed E-state index contributed by atoms with van der Waals surface area (Å²) in [5.74, 6) is 0. The Hall–Kier alpha value is -0.690. The lowest BCUT2D eigenvalue weighted by Crippen LogP contribution is -1.84. The van der Waals surface area contributed by atoms with Crippen molar-refractivity contribution >= 4 is 34.8 Å². The van der Waals surface area contributed by atoms with E-state index < -0.39 is 0 Å². The first kappa shape index (κ1) is 12.8. The zero-order chi connectivity index (χ0) is 12.4. The molecule has 0 aromatic heterocycles. The molecule has 0 radical (unpaired) electrons. The summed E-state index contributed by atoms with van der Waals surface area (Å²) >= 11 is 18.1. The number of benzene rings is 2. The van der Waals surface area contributed by atoms with Gasteiger partial charge in [0, 0.05) is 15.1 Å². The van der Waals surface area contributed by atoms with Gasteiger partial charge >= 0.3 is 0 Å². The van der Waals surface area contributed by atoms with Crippen LogP contribution in [0.2, 0.25) is 15.1 Å². The lowest BCUT2D eigenvalue weighted by molar-refractivity contribution is 1.14. The fraction of sp³-hybridized carbons (Fsp3) is 0.143. The second-order valence-corrected chi connectivity index (χ2v) is 5.17. The fourth-order valence-corrected chi connectivity index (χ4v) is 2.53. The zero-order valence-electron chi connectivity index (χ0n) is 9.31. The van der Waals surface area contributed by atoms with Crippen LogP contribution < -0.4 is 0 Å². The maximum atomic E-state index is 6.09. The van der Waals surface area contributed by atoms with Crippen LogP contribution in [0.1, 0.15) is 12.5 Å². The number of hydrogen-bond donors (Lipinski definition) is 0. The minimum absolute atomic E-state index is 0.630. The van der Waals surface area contributed by atoms with Gasteiger partial charge in [0.1, 0.15) is 0 Å². The molecule has 0 heterocycles. The summed E-state index contributed by atoms with van der Waals surface area (Å²) in [4.78, 5) is 0. The van der Waals surface area contributed by atoms with Crippen molar-refractivity contribution in [3.05, 3.63) is 57.0 Å². The molecule has 0 saturated carbocycles. The van der Waals surface area contributed by atoms with Crippen molar-refractivity contribution in [2.24, 2.45) is 0 Å². The standard InChI is InChI=1S/C14H11Cl3/c1-2-9-3-10(5-12(15)4-9)11-6-13(16)8-14(17)7-11/h3-8H,2H2,1H3. The molecule has 88 valence electrons. The quantitative estimate of drug-likeness (QED) is 0.646. The first-order chi connectivity index (χ1) is 8.08. The van der Waals surface area contributed by atoms with Gasteiger partial charge in [0.2, 0.25) is 0 Å². The molecule has 0 N–H and O–H groups in total. The normalized spacial score (nSPS) is 10.6. The van der Waals surface area contributed by atoms with E-state index in [1.807, 2.05) is 24.3 Å². The van der Waals surface area contributed by atoms with Gasteiger partial charge in [-0.05, 0) is 53.4 Å². The maximum Gasteiger partial charge on any atom is 0.0426 e. The monoisotopic (exact) mass is 284 g/mol. The third kappa shape index (κ3) is 3.16. The molecule has 2 aromatic rings. The van der Waals surface area contributed by atoms with E-state index in [1.165, 1.54) is 5.56 Å². The first-order valence-electron chi connectivity index (χ1n) is 5.34. The van der Waals surface area contributed by atoms with Gasteiger partial charge < -0.3 is 0 Å². The first-order valence-corrected chi connectivity index (χ1v) is 6.48. The molecular formula is C14H11Cl3. The fourth-order valence-electron chi connectivity index (χ4n) is 1.74. The van der Waals surface area contributed by atoms with E-state index in [0.717, 1.165) is 22.6 Å². The Morgan fingerprint density at radius 1 is 0.706 bits per heavy atom. The summed E-state index contributed by atoms with van der Waals surface area (Å²) in [6, 6.07) is 11.5. The smallest absolute Gasteiger partial charge is 0.0426 e. The van der Waals surface area contributed by atoms with Crippen LogP contribution in [0.15, 0.2) is 36.4 Å². The molecule has 0 aliphatic rings. The van der Waals surface area contributed by atoms with Crippen LogP contribution in [-0.2, 0) is 6.42 Å². The Bertz CT molecular complexity index is 527. The lowest BCUT2D eigenvalue weighted by atomic mass is 10.0.